The van der Waals surface area contributed by atoms with Crippen molar-refractivity contribution in [3.8, 4) is 0 Å². The predicted octanol–water partition coefficient (Wildman–Crippen LogP) is 5.32. The number of rotatable bonds is 3. The second-order valence-corrected chi connectivity index (χ2v) is 5.04. The fraction of sp³-hybridized carbons (Fsp3) is 0.294. The van der Waals surface area contributed by atoms with Gasteiger partial charge < -0.3 is 4.90 Å². The minimum absolute atomic E-state index is 0.611. The van der Waals surface area contributed by atoms with E-state index in [4.69, 9.17) is 0 Å². The second-order valence-electron chi connectivity index (χ2n) is 5.04. The van der Waals surface area contributed by atoms with Crippen LogP contribution in [-0.2, 0) is 0 Å². The summed E-state index contributed by atoms with van der Waals surface area (Å²) in [6.07, 6.45) is 6.78. The fourth-order valence-electron chi connectivity index (χ4n) is 2.56. The highest BCUT2D eigenvalue weighted by molar-refractivity contribution is 5.61. The zero-order valence-corrected chi connectivity index (χ0v) is 11.9. The monoisotopic (exact) mass is 275 g/mol. The summed E-state index contributed by atoms with van der Waals surface area (Å²) in [5, 5.41) is 0. The third kappa shape index (κ3) is 2.82. The fourth-order valence-corrected chi connectivity index (χ4v) is 2.56. The maximum atomic E-state index is 13.5. The molecule has 0 radical (unpaired) electrons. The second kappa shape index (κ2) is 6.04. The van der Waals surface area contributed by atoms with Gasteiger partial charge in [0.25, 0.3) is 0 Å². The van der Waals surface area contributed by atoms with Crippen LogP contribution in [0.1, 0.15) is 33.1 Å². The molecule has 0 bridgehead atoms. The van der Waals surface area contributed by atoms with E-state index in [0.717, 1.165) is 36.6 Å². The van der Waals surface area contributed by atoms with E-state index in [-0.39, 0.29) is 0 Å². The summed E-state index contributed by atoms with van der Waals surface area (Å²) in [5.41, 5.74) is 3.89. The Morgan fingerprint density at radius 1 is 1.20 bits per heavy atom. The Labute approximate surface area is 118 Å². The highest BCUT2D eigenvalue weighted by Crippen LogP contribution is 2.34. The molecule has 0 aromatic heterocycles. The lowest BCUT2D eigenvalue weighted by molar-refractivity contribution is 0.509. The van der Waals surface area contributed by atoms with Gasteiger partial charge in [0.1, 0.15) is 0 Å². The molecule has 1 aromatic rings. The molecule has 106 valence electrons. The topological polar surface area (TPSA) is 3.24 Å². The van der Waals surface area contributed by atoms with Crippen LogP contribution in [0.3, 0.4) is 0 Å². The highest BCUT2D eigenvalue weighted by Gasteiger charge is 2.20. The van der Waals surface area contributed by atoms with Crippen molar-refractivity contribution in [1.82, 2.24) is 0 Å². The van der Waals surface area contributed by atoms with E-state index < -0.39 is 11.6 Å². The molecule has 0 N–H and O–H groups in total. The lowest BCUT2D eigenvalue weighted by atomic mass is 9.92. The van der Waals surface area contributed by atoms with Crippen LogP contribution in [0, 0.1) is 11.6 Å². The van der Waals surface area contributed by atoms with Gasteiger partial charge in [-0.2, -0.15) is 0 Å². The molecule has 1 aromatic carbocycles. The van der Waals surface area contributed by atoms with Gasteiger partial charge in [0.05, 0.1) is 0 Å². The lowest BCUT2D eigenvalue weighted by Crippen LogP contribution is -2.20. The van der Waals surface area contributed by atoms with E-state index in [9.17, 15) is 8.78 Å². The van der Waals surface area contributed by atoms with Gasteiger partial charge >= 0.3 is 0 Å². The largest absolute Gasteiger partial charge is 0.317 e. The Bertz CT molecular complexity index is 585. The summed E-state index contributed by atoms with van der Waals surface area (Å²) in [5.74, 6) is -1.67. The first kappa shape index (κ1) is 14.5. The van der Waals surface area contributed by atoms with E-state index in [2.05, 4.69) is 13.5 Å². The van der Waals surface area contributed by atoms with E-state index in [0.29, 0.717) is 5.69 Å². The van der Waals surface area contributed by atoms with Crippen LogP contribution in [0.5, 0.6) is 0 Å². The van der Waals surface area contributed by atoms with Crippen LogP contribution in [0.4, 0.5) is 14.5 Å². The van der Waals surface area contributed by atoms with Crippen molar-refractivity contribution < 1.29 is 8.78 Å². The maximum absolute atomic E-state index is 13.5. The van der Waals surface area contributed by atoms with Crippen LogP contribution >= 0.6 is 0 Å². The van der Waals surface area contributed by atoms with Crippen LogP contribution in [-0.4, -0.2) is 0 Å². The van der Waals surface area contributed by atoms with Crippen LogP contribution in [0.25, 0.3) is 0 Å². The first-order valence-corrected chi connectivity index (χ1v) is 6.79. The molecule has 0 saturated carbocycles. The number of halogens is 2. The maximum Gasteiger partial charge on any atom is 0.160 e. The zero-order chi connectivity index (χ0) is 14.7. The minimum atomic E-state index is -0.836. The first-order chi connectivity index (χ1) is 9.54. The van der Waals surface area contributed by atoms with Crippen molar-refractivity contribution in [2.45, 2.75) is 33.1 Å². The van der Waals surface area contributed by atoms with Crippen molar-refractivity contribution in [3.05, 3.63) is 65.5 Å². The molecule has 0 atom stereocenters. The molecule has 0 unspecified atom stereocenters. The molecule has 0 fully saturated rings. The Balaban J connectivity index is 2.51. The van der Waals surface area contributed by atoms with Crippen molar-refractivity contribution in [2.24, 2.45) is 0 Å². The SMILES string of the molecule is C=C1CCCC(C)=C1N(/C=C\C)c1ccc(F)c(F)c1. The number of nitrogens with zero attached hydrogens (tertiary/aromatic N) is 1. The minimum Gasteiger partial charge on any atom is -0.317 e. The standard InChI is InChI=1S/C17H19F2N/c1-4-10-20(14-8-9-15(18)16(19)11-14)17-12(2)6-5-7-13(17)3/h4,8-11H,2,5-7H2,1,3H3/b10-4-. The van der Waals surface area contributed by atoms with E-state index in [1.165, 1.54) is 11.6 Å². The number of hydrogen-bond donors (Lipinski definition) is 0. The van der Waals surface area contributed by atoms with E-state index in [1.807, 2.05) is 24.1 Å². The number of allylic oxidation sites excluding steroid dienone is 3. The zero-order valence-electron chi connectivity index (χ0n) is 11.9. The molecule has 1 nitrogen and oxygen atoms in total. The molecule has 0 aliphatic heterocycles. The average Bonchev–Trinajstić information content (AvgIpc) is 2.41. The van der Waals surface area contributed by atoms with Crippen LogP contribution < -0.4 is 4.90 Å². The molecular formula is C17H19F2N. The molecule has 0 saturated heterocycles. The van der Waals surface area contributed by atoms with Crippen LogP contribution in [0.2, 0.25) is 0 Å². The quantitative estimate of drug-likeness (QED) is 0.721. The summed E-state index contributed by atoms with van der Waals surface area (Å²) in [4.78, 5) is 1.89. The Hall–Kier alpha value is -1.90. The number of anilines is 1. The highest BCUT2D eigenvalue weighted by atomic mass is 19.2. The van der Waals surface area contributed by atoms with Gasteiger partial charge in [-0.1, -0.05) is 12.7 Å². The Kier molecular flexibility index (Phi) is 4.38. The number of benzene rings is 1. The van der Waals surface area contributed by atoms with Crippen molar-refractivity contribution in [1.29, 1.82) is 0 Å². The normalized spacial score (nSPS) is 16.1. The van der Waals surface area contributed by atoms with Gasteiger partial charge in [-0.25, -0.2) is 8.78 Å². The summed E-state index contributed by atoms with van der Waals surface area (Å²) in [7, 11) is 0. The summed E-state index contributed by atoms with van der Waals surface area (Å²) in [6.45, 7) is 8.08. The smallest absolute Gasteiger partial charge is 0.160 e. The molecule has 2 rings (SSSR count). The van der Waals surface area contributed by atoms with Gasteiger partial charge in [0.15, 0.2) is 11.6 Å². The van der Waals surface area contributed by atoms with Gasteiger partial charge in [-0.3, -0.25) is 0 Å². The third-order valence-electron chi connectivity index (χ3n) is 3.49. The Morgan fingerprint density at radius 2 is 1.95 bits per heavy atom. The van der Waals surface area contributed by atoms with Gasteiger partial charge in [-0.05, 0) is 56.4 Å². The molecule has 20 heavy (non-hydrogen) atoms. The number of hydrogen-bond acceptors (Lipinski definition) is 1. The predicted molar refractivity (Wildman–Crippen MR) is 79.3 cm³/mol. The van der Waals surface area contributed by atoms with E-state index in [1.54, 1.807) is 6.07 Å². The van der Waals surface area contributed by atoms with E-state index >= 15 is 0 Å². The molecule has 3 heteroatoms. The van der Waals surface area contributed by atoms with Crippen molar-refractivity contribution in [2.75, 3.05) is 4.90 Å². The van der Waals surface area contributed by atoms with Crippen LogP contribution in [0.15, 0.2) is 53.9 Å². The van der Waals surface area contributed by atoms with Crippen molar-refractivity contribution >= 4 is 5.69 Å². The summed E-state index contributed by atoms with van der Waals surface area (Å²) in [6, 6.07) is 3.96. The molecule has 1 aliphatic carbocycles. The molecule has 0 spiro atoms. The first-order valence-electron chi connectivity index (χ1n) is 6.79. The Morgan fingerprint density at radius 3 is 2.55 bits per heavy atom. The lowest BCUT2D eigenvalue weighted by Gasteiger charge is -2.30. The van der Waals surface area contributed by atoms with Gasteiger partial charge in [-0.15, -0.1) is 0 Å². The summed E-state index contributed by atoms with van der Waals surface area (Å²) >= 11 is 0. The third-order valence-corrected chi connectivity index (χ3v) is 3.49. The molecular weight excluding hydrogens is 256 g/mol. The van der Waals surface area contributed by atoms with Gasteiger partial charge in [0, 0.05) is 23.7 Å². The molecule has 1 aliphatic rings. The molecule has 0 amide bonds. The van der Waals surface area contributed by atoms with Gasteiger partial charge in [0.2, 0.25) is 0 Å². The molecule has 0 heterocycles. The summed E-state index contributed by atoms with van der Waals surface area (Å²) < 4.78 is 26.6. The average molecular weight is 275 g/mol. The van der Waals surface area contributed by atoms with Crippen molar-refractivity contribution in [3.63, 3.8) is 0 Å².